The van der Waals surface area contributed by atoms with Crippen molar-refractivity contribution < 1.29 is 39.9 Å². The Morgan fingerprint density at radius 3 is 2.22 bits per heavy atom. The molecule has 0 spiro atoms. The summed E-state index contributed by atoms with van der Waals surface area (Å²) in [5.41, 5.74) is -1.79. The van der Waals surface area contributed by atoms with E-state index in [0.717, 1.165) is 80.0 Å². The number of rotatable bonds is 17. The number of benzene rings is 5. The normalized spacial score (nSPS) is 17.0. The minimum absolute atomic E-state index is 0.0108. The van der Waals surface area contributed by atoms with E-state index in [4.69, 9.17) is 11.6 Å². The Hall–Kier alpha value is -4.58. The van der Waals surface area contributed by atoms with Crippen LogP contribution in [0.3, 0.4) is 0 Å². The third kappa shape index (κ3) is 11.6. The highest BCUT2D eigenvalue weighted by Crippen LogP contribution is 2.38. The summed E-state index contributed by atoms with van der Waals surface area (Å²) in [6.45, 7) is 2.64. The topological polar surface area (TPSA) is 136 Å². The molecule has 0 aliphatic carbocycles. The van der Waals surface area contributed by atoms with Crippen LogP contribution in [-0.2, 0) is 26.3 Å². The van der Waals surface area contributed by atoms with Crippen LogP contribution in [0.1, 0.15) is 48.0 Å². The van der Waals surface area contributed by atoms with Crippen LogP contribution < -0.4 is 14.9 Å². The number of nitrogens with zero attached hydrogens (tertiary/aromatic N) is 2. The summed E-state index contributed by atoms with van der Waals surface area (Å²) in [7, 11) is -10.9. The molecule has 2 saturated heterocycles. The van der Waals surface area contributed by atoms with Crippen molar-refractivity contribution in [2.45, 2.75) is 70.8 Å². The summed E-state index contributed by atoms with van der Waals surface area (Å²) in [5.74, 6) is -0.238. The molecule has 3 N–H and O–H groups in total. The largest absolute Gasteiger partial charge is 0.501 e. The Labute approximate surface area is 382 Å². The molecular weight excluding hydrogens is 905 g/mol. The SMILES string of the molecule is O=C(NS(=O)(=O)c1ccc(N[C@@H](CSc2ccccc2)CC2CCCN2CCO)c(S(=O)(=O)C(F)(F)F)c1)c1ccc(N2CCC(Cc3ccccc3-c3ccc(Cl)cc3)CC2)cc1. The van der Waals surface area contributed by atoms with Crippen LogP contribution in [0, 0.1) is 5.92 Å². The molecule has 7 rings (SSSR count). The van der Waals surface area contributed by atoms with Crippen LogP contribution in [0.25, 0.3) is 11.1 Å². The van der Waals surface area contributed by atoms with E-state index in [1.807, 2.05) is 71.5 Å². The van der Waals surface area contributed by atoms with Crippen molar-refractivity contribution in [1.82, 2.24) is 9.62 Å². The number of nitrogens with one attached hydrogen (secondary N) is 2. The van der Waals surface area contributed by atoms with Crippen LogP contribution in [0.4, 0.5) is 24.5 Å². The Balaban J connectivity index is 1.03. The first kappa shape index (κ1) is 47.4. The summed E-state index contributed by atoms with van der Waals surface area (Å²) < 4.78 is 97.9. The van der Waals surface area contributed by atoms with Crippen molar-refractivity contribution in [3.63, 3.8) is 0 Å². The minimum Gasteiger partial charge on any atom is -0.395 e. The zero-order valence-corrected chi connectivity index (χ0v) is 38.1. The fourth-order valence-corrected chi connectivity index (χ4v) is 11.6. The second kappa shape index (κ2) is 20.7. The van der Waals surface area contributed by atoms with E-state index in [1.165, 1.54) is 35.0 Å². The standard InChI is InChI=1S/C47H50ClF3N4O6S3/c48-37-16-12-34(13-17-37)43-11-5-4-7-36(43)29-33-22-25-55(26-23-33)39-18-14-35(15-19-39)46(57)53-64(60,61)42-20-21-44(45(31-42)63(58,59)47(49,50)51)52-38(32-62-41-9-2-1-3-10-41)30-40-8-6-24-54(40)27-28-56/h1-5,7,9-21,31,33,38,40,52,56H,6,8,22-30,32H2,(H,53,57)/t38-,40?/m1/s1. The van der Waals surface area contributed by atoms with Gasteiger partial charge < -0.3 is 15.3 Å². The van der Waals surface area contributed by atoms with Crippen molar-refractivity contribution in [2.75, 3.05) is 48.8 Å². The minimum atomic E-state index is -6.08. The van der Waals surface area contributed by atoms with Crippen LogP contribution in [-0.4, -0.2) is 88.9 Å². The third-order valence-electron chi connectivity index (χ3n) is 11.9. The number of thioether (sulfide) groups is 1. The van der Waals surface area contributed by atoms with Crippen molar-refractivity contribution in [3.05, 3.63) is 137 Å². The van der Waals surface area contributed by atoms with Gasteiger partial charge in [0.25, 0.3) is 25.8 Å². The van der Waals surface area contributed by atoms with Crippen LogP contribution in [0.15, 0.2) is 136 Å². The maximum Gasteiger partial charge on any atom is 0.501 e. The van der Waals surface area contributed by atoms with Gasteiger partial charge >= 0.3 is 5.51 Å². The van der Waals surface area contributed by atoms with Crippen LogP contribution in [0.2, 0.25) is 5.02 Å². The molecule has 2 atom stereocenters. The molecule has 2 aliphatic heterocycles. The predicted molar refractivity (Wildman–Crippen MR) is 247 cm³/mol. The molecule has 2 fully saturated rings. The molecule has 17 heteroatoms. The number of likely N-dealkylation sites (tertiary alicyclic amines) is 1. The molecule has 5 aromatic carbocycles. The zero-order valence-electron chi connectivity index (χ0n) is 34.9. The molecule has 340 valence electrons. The third-order valence-corrected chi connectivity index (χ3v) is 16.2. The maximum absolute atomic E-state index is 14.2. The Morgan fingerprint density at radius 1 is 0.844 bits per heavy atom. The Kier molecular flexibility index (Phi) is 15.3. The first-order chi connectivity index (χ1) is 30.6. The lowest BCUT2D eigenvalue weighted by molar-refractivity contribution is -0.0435. The lowest BCUT2D eigenvalue weighted by Gasteiger charge is -2.34. The molecule has 2 aliphatic rings. The lowest BCUT2D eigenvalue weighted by atomic mass is 9.87. The van der Waals surface area contributed by atoms with Crippen LogP contribution >= 0.6 is 23.4 Å². The van der Waals surface area contributed by atoms with Crippen molar-refractivity contribution in [2.24, 2.45) is 5.92 Å². The summed E-state index contributed by atoms with van der Waals surface area (Å²) in [6, 6.07) is 33.7. The first-order valence-corrected chi connectivity index (χ1v) is 25.4. The van der Waals surface area contributed by atoms with E-state index in [1.54, 1.807) is 12.1 Å². The number of sulfonamides is 1. The lowest BCUT2D eigenvalue weighted by Crippen LogP contribution is -2.38. The summed E-state index contributed by atoms with van der Waals surface area (Å²) in [5, 5.41) is 13.3. The highest BCUT2D eigenvalue weighted by molar-refractivity contribution is 7.99. The number of hydrogen-bond donors (Lipinski definition) is 3. The van der Waals surface area contributed by atoms with Crippen LogP contribution in [0.5, 0.6) is 0 Å². The molecule has 0 saturated carbocycles. The van der Waals surface area contributed by atoms with E-state index < -0.39 is 52.8 Å². The van der Waals surface area contributed by atoms with Gasteiger partial charge in [-0.25, -0.2) is 21.6 Å². The average Bonchev–Trinajstić information content (AvgIpc) is 3.72. The number of amides is 1. The summed E-state index contributed by atoms with van der Waals surface area (Å²) in [4.78, 5) is 16.4. The number of hydrogen-bond acceptors (Lipinski definition) is 10. The van der Waals surface area contributed by atoms with Crippen molar-refractivity contribution >= 4 is 60.5 Å². The molecule has 1 unspecified atom stereocenters. The number of alkyl halides is 3. The predicted octanol–water partition coefficient (Wildman–Crippen LogP) is 9.30. The van der Waals surface area contributed by atoms with Gasteiger partial charge in [0, 0.05) is 58.6 Å². The Morgan fingerprint density at radius 2 is 1.53 bits per heavy atom. The van der Waals surface area contributed by atoms with Gasteiger partial charge in [-0.2, -0.15) is 13.2 Å². The Bertz CT molecular complexity index is 2600. The van der Waals surface area contributed by atoms with E-state index >= 15 is 0 Å². The second-order valence-corrected chi connectivity index (χ2v) is 21.3. The van der Waals surface area contributed by atoms with E-state index in [2.05, 4.69) is 27.2 Å². The first-order valence-electron chi connectivity index (χ1n) is 21.1. The number of β-amino-alcohol motifs (C(OH)–C–C–N with tert-alkyl or cyclic N) is 1. The fraction of sp³-hybridized carbons (Fsp3) is 0.340. The number of anilines is 2. The van der Waals surface area contributed by atoms with Crippen molar-refractivity contribution in [3.8, 4) is 11.1 Å². The van der Waals surface area contributed by atoms with E-state index in [-0.39, 0.29) is 18.2 Å². The maximum atomic E-state index is 14.2. The molecule has 2 heterocycles. The molecular formula is C47H50ClF3N4O6S3. The van der Waals surface area contributed by atoms with Crippen molar-refractivity contribution in [1.29, 1.82) is 0 Å². The number of carbonyl (C=O) groups excluding carboxylic acids is 1. The quantitative estimate of drug-likeness (QED) is 0.0775. The number of halogens is 4. The highest BCUT2D eigenvalue weighted by atomic mass is 35.5. The van der Waals surface area contributed by atoms with Gasteiger partial charge in [-0.15, -0.1) is 11.8 Å². The summed E-state index contributed by atoms with van der Waals surface area (Å²) in [6.07, 6.45) is 4.85. The molecule has 0 bridgehead atoms. The number of carbonyl (C=O) groups is 1. The second-order valence-electron chi connectivity index (χ2n) is 16.1. The fourth-order valence-electron chi connectivity index (χ4n) is 8.53. The highest BCUT2D eigenvalue weighted by Gasteiger charge is 2.48. The zero-order chi connectivity index (χ0) is 45.5. The molecule has 0 radical (unpaired) electrons. The molecule has 5 aromatic rings. The summed E-state index contributed by atoms with van der Waals surface area (Å²) >= 11 is 7.55. The molecule has 64 heavy (non-hydrogen) atoms. The van der Waals surface area contributed by atoms with Gasteiger partial charge in [0.1, 0.15) is 4.90 Å². The molecule has 1 amide bonds. The average molecular weight is 956 g/mol. The number of sulfone groups is 1. The van der Waals surface area contributed by atoms with Gasteiger partial charge in [-0.1, -0.05) is 66.2 Å². The van der Waals surface area contributed by atoms with E-state index in [9.17, 15) is 39.9 Å². The molecule has 0 aromatic heterocycles. The number of aliphatic hydroxyl groups is 1. The smallest absolute Gasteiger partial charge is 0.395 e. The van der Waals surface area contributed by atoms with Gasteiger partial charge in [-0.3, -0.25) is 9.69 Å². The van der Waals surface area contributed by atoms with E-state index in [0.29, 0.717) is 35.7 Å². The van der Waals surface area contributed by atoms with Gasteiger partial charge in [0.2, 0.25) is 0 Å². The number of piperidine rings is 1. The van der Waals surface area contributed by atoms with Gasteiger partial charge in [-0.05, 0) is 134 Å². The van der Waals surface area contributed by atoms with Gasteiger partial charge in [0.15, 0.2) is 0 Å². The molecule has 10 nitrogen and oxygen atoms in total. The number of aliphatic hydroxyl groups excluding tert-OH is 1. The monoisotopic (exact) mass is 954 g/mol. The van der Waals surface area contributed by atoms with Gasteiger partial charge in [0.05, 0.1) is 17.2 Å².